The molecule has 0 aromatic heterocycles. The van der Waals surface area contributed by atoms with Crippen molar-refractivity contribution in [2.24, 2.45) is 0 Å². The molecule has 0 aliphatic carbocycles. The van der Waals surface area contributed by atoms with Gasteiger partial charge in [-0.15, -0.1) is 0 Å². The average molecular weight is 398 g/mol. The molecule has 0 saturated heterocycles. The molecule has 0 bridgehead atoms. The van der Waals surface area contributed by atoms with Crippen LogP contribution in [-0.2, 0) is 28.5 Å². The molecule has 0 aromatic rings. The SMILES string of the molecule is C=CC(=O)NCCOCCOCCOCCOCCOCCBr. The zero-order valence-electron chi connectivity index (χ0n) is 13.6. The Labute approximate surface area is 146 Å². The van der Waals surface area contributed by atoms with Crippen molar-refractivity contribution in [1.82, 2.24) is 5.32 Å². The van der Waals surface area contributed by atoms with Crippen molar-refractivity contribution in [2.45, 2.75) is 0 Å². The number of halogens is 1. The lowest BCUT2D eigenvalue weighted by Crippen LogP contribution is -2.25. The lowest BCUT2D eigenvalue weighted by molar-refractivity contribution is -0.116. The molecule has 0 spiro atoms. The van der Waals surface area contributed by atoms with Gasteiger partial charge in [0.2, 0.25) is 5.91 Å². The Hall–Kier alpha value is -0.510. The molecule has 0 aliphatic heterocycles. The van der Waals surface area contributed by atoms with Crippen molar-refractivity contribution < 1.29 is 28.5 Å². The van der Waals surface area contributed by atoms with E-state index in [4.69, 9.17) is 23.7 Å². The molecule has 0 radical (unpaired) electrons. The summed E-state index contributed by atoms with van der Waals surface area (Å²) >= 11 is 3.28. The van der Waals surface area contributed by atoms with Crippen molar-refractivity contribution in [3.05, 3.63) is 12.7 Å². The predicted molar refractivity (Wildman–Crippen MR) is 91.1 cm³/mol. The first-order valence-corrected chi connectivity index (χ1v) is 8.78. The van der Waals surface area contributed by atoms with Crippen LogP contribution in [-0.4, -0.2) is 83.9 Å². The topological polar surface area (TPSA) is 75.3 Å². The Kier molecular flexibility index (Phi) is 19.1. The van der Waals surface area contributed by atoms with Crippen LogP contribution in [0.2, 0.25) is 0 Å². The largest absolute Gasteiger partial charge is 0.378 e. The quantitative estimate of drug-likeness (QED) is 0.209. The Morgan fingerprint density at radius 3 is 1.57 bits per heavy atom. The molecular formula is C15H28BrNO6. The van der Waals surface area contributed by atoms with Gasteiger partial charge in [0.1, 0.15) is 0 Å². The summed E-state index contributed by atoms with van der Waals surface area (Å²) < 4.78 is 26.5. The molecule has 0 unspecified atom stereocenters. The van der Waals surface area contributed by atoms with Gasteiger partial charge in [-0.25, -0.2) is 0 Å². The highest BCUT2D eigenvalue weighted by atomic mass is 79.9. The third-order valence-corrected chi connectivity index (χ3v) is 2.76. The maximum atomic E-state index is 10.8. The minimum absolute atomic E-state index is 0.197. The van der Waals surface area contributed by atoms with Crippen LogP contribution in [0.1, 0.15) is 0 Å². The van der Waals surface area contributed by atoms with Gasteiger partial charge in [-0.05, 0) is 6.08 Å². The van der Waals surface area contributed by atoms with Gasteiger partial charge in [-0.1, -0.05) is 22.5 Å². The number of rotatable bonds is 18. The van der Waals surface area contributed by atoms with Crippen LogP contribution in [0.4, 0.5) is 0 Å². The smallest absolute Gasteiger partial charge is 0.243 e. The summed E-state index contributed by atoms with van der Waals surface area (Å²) in [5.41, 5.74) is 0. The second kappa shape index (κ2) is 19.5. The number of hydrogen-bond donors (Lipinski definition) is 1. The van der Waals surface area contributed by atoms with E-state index in [1.807, 2.05) is 0 Å². The van der Waals surface area contributed by atoms with Crippen LogP contribution < -0.4 is 5.32 Å². The van der Waals surface area contributed by atoms with E-state index in [2.05, 4.69) is 27.8 Å². The third kappa shape index (κ3) is 19.4. The van der Waals surface area contributed by atoms with Crippen LogP contribution >= 0.6 is 15.9 Å². The zero-order chi connectivity index (χ0) is 17.0. The van der Waals surface area contributed by atoms with E-state index in [9.17, 15) is 4.79 Å². The first-order valence-electron chi connectivity index (χ1n) is 7.66. The zero-order valence-corrected chi connectivity index (χ0v) is 15.2. The number of carbonyl (C=O) groups is 1. The van der Waals surface area contributed by atoms with Crippen molar-refractivity contribution in [2.75, 3.05) is 77.9 Å². The average Bonchev–Trinajstić information content (AvgIpc) is 2.57. The molecule has 0 saturated carbocycles. The third-order valence-electron chi connectivity index (χ3n) is 2.44. The van der Waals surface area contributed by atoms with E-state index in [0.29, 0.717) is 72.6 Å². The van der Waals surface area contributed by atoms with Crippen molar-refractivity contribution >= 4 is 21.8 Å². The lowest BCUT2D eigenvalue weighted by atomic mass is 10.5. The van der Waals surface area contributed by atoms with Gasteiger partial charge in [0.05, 0.1) is 66.1 Å². The van der Waals surface area contributed by atoms with Gasteiger partial charge in [0.25, 0.3) is 0 Å². The Morgan fingerprint density at radius 1 is 0.783 bits per heavy atom. The van der Waals surface area contributed by atoms with Gasteiger partial charge in [-0.2, -0.15) is 0 Å². The summed E-state index contributed by atoms with van der Waals surface area (Å²) in [7, 11) is 0. The highest BCUT2D eigenvalue weighted by Crippen LogP contribution is 1.85. The van der Waals surface area contributed by atoms with Gasteiger partial charge >= 0.3 is 0 Å². The number of nitrogens with one attached hydrogen (secondary N) is 1. The standard InChI is InChI=1S/C15H28BrNO6/c1-2-15(18)17-4-6-20-8-10-22-12-14-23-13-11-21-9-7-19-5-3-16/h2H,1,3-14H2,(H,17,18). The first-order chi connectivity index (χ1) is 11.3. The summed E-state index contributed by atoms with van der Waals surface area (Å²) in [4.78, 5) is 10.8. The van der Waals surface area contributed by atoms with Gasteiger partial charge in [-0.3, -0.25) is 4.79 Å². The summed E-state index contributed by atoms with van der Waals surface area (Å²) in [6, 6.07) is 0. The van der Waals surface area contributed by atoms with Gasteiger partial charge in [0.15, 0.2) is 0 Å². The van der Waals surface area contributed by atoms with Crippen LogP contribution in [0.25, 0.3) is 0 Å². The van der Waals surface area contributed by atoms with Crippen LogP contribution in [0.3, 0.4) is 0 Å². The summed E-state index contributed by atoms with van der Waals surface area (Å²) in [6.45, 7) is 9.29. The van der Waals surface area contributed by atoms with E-state index in [1.54, 1.807) is 0 Å². The van der Waals surface area contributed by atoms with Gasteiger partial charge < -0.3 is 29.0 Å². The second-order valence-corrected chi connectivity index (χ2v) is 5.04. The summed E-state index contributed by atoms with van der Waals surface area (Å²) in [6.07, 6.45) is 1.23. The summed E-state index contributed by atoms with van der Waals surface area (Å²) in [5, 5.41) is 3.46. The second-order valence-electron chi connectivity index (χ2n) is 4.25. The predicted octanol–water partition coefficient (Wildman–Crippen LogP) is 0.767. The van der Waals surface area contributed by atoms with Crippen LogP contribution in [0.5, 0.6) is 0 Å². The Balaban J connectivity index is 3.00. The Morgan fingerprint density at radius 2 is 1.17 bits per heavy atom. The number of hydrogen-bond acceptors (Lipinski definition) is 6. The molecule has 1 amide bonds. The maximum absolute atomic E-state index is 10.8. The van der Waals surface area contributed by atoms with Crippen molar-refractivity contribution in [3.8, 4) is 0 Å². The maximum Gasteiger partial charge on any atom is 0.243 e. The molecule has 0 aromatic carbocycles. The van der Waals surface area contributed by atoms with E-state index in [0.717, 1.165) is 5.33 Å². The molecule has 0 heterocycles. The first kappa shape index (κ1) is 22.5. The van der Waals surface area contributed by atoms with E-state index in [-0.39, 0.29) is 5.91 Å². The van der Waals surface area contributed by atoms with Crippen LogP contribution in [0.15, 0.2) is 12.7 Å². The molecule has 136 valence electrons. The fourth-order valence-corrected chi connectivity index (χ4v) is 1.58. The molecule has 23 heavy (non-hydrogen) atoms. The van der Waals surface area contributed by atoms with E-state index >= 15 is 0 Å². The fourth-order valence-electron chi connectivity index (χ4n) is 1.35. The molecule has 8 heteroatoms. The highest BCUT2D eigenvalue weighted by Gasteiger charge is 1.94. The normalized spacial score (nSPS) is 10.7. The monoisotopic (exact) mass is 397 g/mol. The van der Waals surface area contributed by atoms with Crippen LogP contribution in [0, 0.1) is 0 Å². The number of alkyl halides is 1. The molecule has 0 rings (SSSR count). The highest BCUT2D eigenvalue weighted by molar-refractivity contribution is 9.09. The minimum Gasteiger partial charge on any atom is -0.378 e. The molecule has 0 aliphatic rings. The number of amides is 1. The summed E-state index contributed by atoms with van der Waals surface area (Å²) in [5.74, 6) is -0.197. The Bertz CT molecular complexity index is 281. The van der Waals surface area contributed by atoms with Crippen molar-refractivity contribution in [1.29, 1.82) is 0 Å². The molecule has 7 nitrogen and oxygen atoms in total. The van der Waals surface area contributed by atoms with Crippen molar-refractivity contribution in [3.63, 3.8) is 0 Å². The molecular weight excluding hydrogens is 370 g/mol. The van der Waals surface area contributed by atoms with E-state index in [1.165, 1.54) is 6.08 Å². The molecule has 0 fully saturated rings. The molecule has 0 atom stereocenters. The van der Waals surface area contributed by atoms with E-state index < -0.39 is 0 Å². The lowest BCUT2D eigenvalue weighted by Gasteiger charge is -2.08. The molecule has 1 N–H and O–H groups in total. The van der Waals surface area contributed by atoms with Gasteiger partial charge in [0, 0.05) is 11.9 Å². The fraction of sp³-hybridized carbons (Fsp3) is 0.800. The minimum atomic E-state index is -0.197. The number of ether oxygens (including phenoxy) is 5. The number of carbonyl (C=O) groups excluding carboxylic acids is 1.